The van der Waals surface area contributed by atoms with Gasteiger partial charge in [-0.1, -0.05) is 26.8 Å². The van der Waals surface area contributed by atoms with Gasteiger partial charge in [-0.3, -0.25) is 14.3 Å². The molecule has 1 fully saturated rings. The van der Waals surface area contributed by atoms with Gasteiger partial charge < -0.3 is 9.40 Å². The van der Waals surface area contributed by atoms with Crippen molar-refractivity contribution in [1.82, 2.24) is 14.5 Å². The Balaban J connectivity index is 1.52. The third-order valence-corrected chi connectivity index (χ3v) is 7.66. The van der Waals surface area contributed by atoms with Gasteiger partial charge in [0.05, 0.1) is 17.8 Å². The molecule has 0 saturated carbocycles. The van der Waals surface area contributed by atoms with Crippen molar-refractivity contribution in [2.45, 2.75) is 58.8 Å². The lowest BCUT2D eigenvalue weighted by molar-refractivity contribution is -0.120. The zero-order chi connectivity index (χ0) is 24.9. The highest BCUT2D eigenvalue weighted by atomic mass is 16.4. The minimum Gasteiger partial charge on any atom is -0.407 e. The van der Waals surface area contributed by atoms with Crippen LogP contribution in [0.25, 0.3) is 33.3 Å². The van der Waals surface area contributed by atoms with E-state index in [0.29, 0.717) is 36.2 Å². The number of carbonyl (C=O) groups is 1. The highest BCUT2D eigenvalue weighted by Crippen LogP contribution is 2.39. The SMILES string of the molecule is CCC(=O)CN1CCC(c2ccc3[nH]c(-c4cc(C)c5oc(=O)n(C)c5c4)c(C(C)C)c3c2)CC1. The zero-order valence-corrected chi connectivity index (χ0v) is 21.4. The number of likely N-dealkylation sites (tertiary alicyclic amines) is 1. The van der Waals surface area contributed by atoms with Crippen molar-refractivity contribution in [3.63, 3.8) is 0 Å². The Morgan fingerprint density at radius 1 is 1.17 bits per heavy atom. The van der Waals surface area contributed by atoms with E-state index < -0.39 is 0 Å². The molecule has 1 aliphatic heterocycles. The predicted octanol–water partition coefficient (Wildman–Crippen LogP) is 5.87. The molecule has 2 aromatic heterocycles. The van der Waals surface area contributed by atoms with Crippen molar-refractivity contribution in [3.05, 3.63) is 57.6 Å². The van der Waals surface area contributed by atoms with Gasteiger partial charge in [0, 0.05) is 29.9 Å². The normalized spacial score (nSPS) is 15.6. The molecule has 1 aliphatic rings. The number of nitrogens with zero attached hydrogens (tertiary/aromatic N) is 2. The number of Topliss-reactive ketones (excluding diaryl/α,β-unsaturated/α-hetero) is 1. The summed E-state index contributed by atoms with van der Waals surface area (Å²) in [5.74, 6) is 0.843. The molecule has 6 heteroatoms. The van der Waals surface area contributed by atoms with Crippen LogP contribution in [0.15, 0.2) is 39.5 Å². The van der Waals surface area contributed by atoms with Crippen molar-refractivity contribution in [3.8, 4) is 11.3 Å². The lowest BCUT2D eigenvalue weighted by atomic mass is 9.87. The molecule has 0 radical (unpaired) electrons. The highest BCUT2D eigenvalue weighted by Gasteiger charge is 2.24. The van der Waals surface area contributed by atoms with Crippen molar-refractivity contribution in [1.29, 1.82) is 0 Å². The summed E-state index contributed by atoms with van der Waals surface area (Å²) < 4.78 is 7.02. The van der Waals surface area contributed by atoms with Crippen molar-refractivity contribution in [2.24, 2.45) is 7.05 Å². The molecule has 0 spiro atoms. The number of H-pyrrole nitrogens is 1. The second kappa shape index (κ2) is 9.15. The van der Waals surface area contributed by atoms with E-state index in [-0.39, 0.29) is 5.76 Å². The number of aromatic amines is 1. The average Bonchev–Trinajstić information content (AvgIpc) is 3.37. The summed E-state index contributed by atoms with van der Waals surface area (Å²) >= 11 is 0. The van der Waals surface area contributed by atoms with Crippen LogP contribution in [-0.2, 0) is 11.8 Å². The van der Waals surface area contributed by atoms with Gasteiger partial charge in [-0.25, -0.2) is 4.79 Å². The quantitative estimate of drug-likeness (QED) is 0.380. The van der Waals surface area contributed by atoms with Crippen LogP contribution in [0.4, 0.5) is 0 Å². The molecule has 0 aliphatic carbocycles. The molecule has 0 atom stereocenters. The number of benzene rings is 2. The molecule has 5 rings (SSSR count). The summed E-state index contributed by atoms with van der Waals surface area (Å²) in [6.45, 7) is 11.0. The molecule has 6 nitrogen and oxygen atoms in total. The number of carbonyl (C=O) groups excluding carboxylic acids is 1. The van der Waals surface area contributed by atoms with Crippen molar-refractivity contribution in [2.75, 3.05) is 19.6 Å². The number of nitrogens with one attached hydrogen (secondary N) is 1. The van der Waals surface area contributed by atoms with E-state index in [0.717, 1.165) is 53.8 Å². The molecule has 184 valence electrons. The Morgan fingerprint density at radius 3 is 2.60 bits per heavy atom. The number of aryl methyl sites for hydroxylation is 2. The predicted molar refractivity (Wildman–Crippen MR) is 141 cm³/mol. The van der Waals surface area contributed by atoms with Gasteiger partial charge in [0.2, 0.25) is 0 Å². The van der Waals surface area contributed by atoms with E-state index in [1.165, 1.54) is 16.5 Å². The Kier molecular flexibility index (Phi) is 6.18. The van der Waals surface area contributed by atoms with Gasteiger partial charge in [-0.2, -0.15) is 0 Å². The van der Waals surface area contributed by atoms with E-state index in [1.807, 2.05) is 13.8 Å². The average molecular weight is 474 g/mol. The zero-order valence-electron chi connectivity index (χ0n) is 21.4. The fraction of sp³-hybridized carbons (Fsp3) is 0.448. The van der Waals surface area contributed by atoms with E-state index in [4.69, 9.17) is 4.42 Å². The van der Waals surface area contributed by atoms with E-state index in [1.54, 1.807) is 11.6 Å². The van der Waals surface area contributed by atoms with Gasteiger partial charge >= 0.3 is 5.76 Å². The minimum atomic E-state index is -0.337. The molecule has 3 heterocycles. The van der Waals surface area contributed by atoms with E-state index >= 15 is 0 Å². The molecule has 35 heavy (non-hydrogen) atoms. The number of piperidine rings is 1. The van der Waals surface area contributed by atoms with Crippen molar-refractivity contribution < 1.29 is 9.21 Å². The number of ketones is 1. The first kappa shape index (κ1) is 23.6. The molecular weight excluding hydrogens is 438 g/mol. The van der Waals surface area contributed by atoms with Crippen molar-refractivity contribution >= 4 is 27.8 Å². The smallest absolute Gasteiger partial charge is 0.407 e. The molecular formula is C29H35N3O3. The summed E-state index contributed by atoms with van der Waals surface area (Å²) in [5, 5.41) is 1.27. The van der Waals surface area contributed by atoms with Gasteiger partial charge in [0.15, 0.2) is 5.58 Å². The van der Waals surface area contributed by atoms with Crippen LogP contribution in [0, 0.1) is 6.92 Å². The van der Waals surface area contributed by atoms with Gasteiger partial charge in [0.25, 0.3) is 0 Å². The van der Waals surface area contributed by atoms with E-state index in [9.17, 15) is 9.59 Å². The summed E-state index contributed by atoms with van der Waals surface area (Å²) in [6, 6.07) is 11.0. The fourth-order valence-electron chi connectivity index (χ4n) is 5.63. The maximum Gasteiger partial charge on any atom is 0.419 e. The van der Waals surface area contributed by atoms with Crippen LogP contribution in [-0.4, -0.2) is 39.9 Å². The third kappa shape index (κ3) is 4.25. The number of hydrogen-bond donors (Lipinski definition) is 1. The van der Waals surface area contributed by atoms with Crippen LogP contribution >= 0.6 is 0 Å². The summed E-state index contributed by atoms with van der Waals surface area (Å²) in [5.41, 5.74) is 8.43. The Hall–Kier alpha value is -3.12. The fourth-order valence-corrected chi connectivity index (χ4v) is 5.63. The maximum atomic E-state index is 12.1. The molecule has 1 N–H and O–H groups in total. The largest absolute Gasteiger partial charge is 0.419 e. The molecule has 4 aromatic rings. The molecule has 0 amide bonds. The number of oxazole rings is 1. The number of aromatic nitrogens is 2. The highest BCUT2D eigenvalue weighted by molar-refractivity contribution is 5.94. The van der Waals surface area contributed by atoms with Gasteiger partial charge in [-0.05, 0) is 85.6 Å². The topological polar surface area (TPSA) is 71.2 Å². The molecule has 0 bridgehead atoms. The lowest BCUT2D eigenvalue weighted by Crippen LogP contribution is -2.36. The second-order valence-corrected chi connectivity index (χ2v) is 10.4. The maximum absolute atomic E-state index is 12.1. The summed E-state index contributed by atoms with van der Waals surface area (Å²) in [4.78, 5) is 29.9. The standard InChI is InChI=1S/C29H35N3O3/c1-6-22(33)16-32-11-9-19(10-12-32)20-7-8-24-23(14-20)26(17(2)3)27(30-24)21-13-18(4)28-25(15-21)31(5)29(34)35-28/h7-8,13-15,17,19,30H,6,9-12,16H2,1-5H3. The molecule has 2 aromatic carbocycles. The van der Waals surface area contributed by atoms with Crippen LogP contribution in [0.3, 0.4) is 0 Å². The minimum absolute atomic E-state index is 0.329. The van der Waals surface area contributed by atoms with E-state index in [2.05, 4.69) is 54.1 Å². The first-order valence-corrected chi connectivity index (χ1v) is 12.8. The van der Waals surface area contributed by atoms with Gasteiger partial charge in [0.1, 0.15) is 5.78 Å². The van der Waals surface area contributed by atoms with Crippen LogP contribution in [0.2, 0.25) is 0 Å². The monoisotopic (exact) mass is 473 g/mol. The van der Waals surface area contributed by atoms with Crippen LogP contribution < -0.4 is 5.76 Å². The number of rotatable bonds is 6. The molecule has 1 saturated heterocycles. The Morgan fingerprint density at radius 2 is 1.91 bits per heavy atom. The van der Waals surface area contributed by atoms with Gasteiger partial charge in [-0.15, -0.1) is 0 Å². The second-order valence-electron chi connectivity index (χ2n) is 10.4. The third-order valence-electron chi connectivity index (χ3n) is 7.66. The first-order chi connectivity index (χ1) is 16.8. The summed E-state index contributed by atoms with van der Waals surface area (Å²) in [6.07, 6.45) is 2.79. The Bertz CT molecular complexity index is 1460. The lowest BCUT2D eigenvalue weighted by Gasteiger charge is -2.31. The number of hydrogen-bond acceptors (Lipinski definition) is 4. The number of fused-ring (bicyclic) bond motifs is 2. The Labute approximate surface area is 205 Å². The van der Waals surface area contributed by atoms with Crippen LogP contribution in [0.5, 0.6) is 0 Å². The molecule has 0 unspecified atom stereocenters. The van der Waals surface area contributed by atoms with Crippen LogP contribution in [0.1, 0.15) is 68.6 Å². The first-order valence-electron chi connectivity index (χ1n) is 12.8. The summed E-state index contributed by atoms with van der Waals surface area (Å²) in [7, 11) is 1.75.